The van der Waals surface area contributed by atoms with Crippen LogP contribution in [0.25, 0.3) is 0 Å². The van der Waals surface area contributed by atoms with Crippen LogP contribution in [0, 0.1) is 0 Å². The number of para-hydroxylation sites is 1. The standard InChI is InChI=1S/C14H16ClN3/c1-16-10-13-12(15)8-9-14(17-13)18(2)11-6-4-3-5-7-11/h3-9,16H,10H2,1-2H3. The van der Waals surface area contributed by atoms with Crippen molar-refractivity contribution in [1.29, 1.82) is 0 Å². The lowest BCUT2D eigenvalue weighted by Crippen LogP contribution is -2.14. The number of nitrogens with zero attached hydrogens (tertiary/aromatic N) is 2. The Balaban J connectivity index is 2.31. The Bertz CT molecular complexity index is 514. The molecule has 0 atom stereocenters. The highest BCUT2D eigenvalue weighted by Gasteiger charge is 2.08. The van der Waals surface area contributed by atoms with Gasteiger partial charge in [-0.05, 0) is 31.3 Å². The zero-order valence-electron chi connectivity index (χ0n) is 10.5. The molecule has 0 unspecified atom stereocenters. The maximum atomic E-state index is 6.10. The highest BCUT2D eigenvalue weighted by atomic mass is 35.5. The van der Waals surface area contributed by atoms with Gasteiger partial charge in [-0.15, -0.1) is 0 Å². The number of nitrogens with one attached hydrogen (secondary N) is 1. The maximum absolute atomic E-state index is 6.10. The van der Waals surface area contributed by atoms with E-state index in [2.05, 4.69) is 10.3 Å². The molecule has 0 aliphatic carbocycles. The van der Waals surface area contributed by atoms with Crippen LogP contribution in [0.15, 0.2) is 42.5 Å². The van der Waals surface area contributed by atoms with Crippen LogP contribution in [0.5, 0.6) is 0 Å². The molecule has 0 fully saturated rings. The SMILES string of the molecule is CNCc1nc(N(C)c2ccccc2)ccc1Cl. The van der Waals surface area contributed by atoms with Crippen LogP contribution in [-0.4, -0.2) is 19.1 Å². The molecule has 1 aromatic carbocycles. The topological polar surface area (TPSA) is 28.2 Å². The van der Waals surface area contributed by atoms with E-state index >= 15 is 0 Å². The van der Waals surface area contributed by atoms with Gasteiger partial charge in [-0.1, -0.05) is 29.8 Å². The molecule has 0 aliphatic heterocycles. The lowest BCUT2D eigenvalue weighted by molar-refractivity contribution is 0.790. The van der Waals surface area contributed by atoms with Crippen molar-refractivity contribution in [3.05, 3.63) is 53.2 Å². The third-order valence-corrected chi connectivity index (χ3v) is 3.08. The Morgan fingerprint density at radius 2 is 1.89 bits per heavy atom. The van der Waals surface area contributed by atoms with E-state index in [1.807, 2.05) is 61.5 Å². The molecule has 0 aliphatic rings. The van der Waals surface area contributed by atoms with E-state index in [1.54, 1.807) is 0 Å². The molecule has 0 saturated carbocycles. The van der Waals surface area contributed by atoms with Gasteiger partial charge >= 0.3 is 0 Å². The molecule has 3 nitrogen and oxygen atoms in total. The average Bonchev–Trinajstić information content (AvgIpc) is 2.42. The molecule has 2 rings (SSSR count). The molecular weight excluding hydrogens is 246 g/mol. The predicted octanol–water partition coefficient (Wildman–Crippen LogP) is 3.22. The third-order valence-electron chi connectivity index (χ3n) is 2.74. The van der Waals surface area contributed by atoms with E-state index in [-0.39, 0.29) is 0 Å². The highest BCUT2D eigenvalue weighted by Crippen LogP contribution is 2.24. The van der Waals surface area contributed by atoms with Crippen LogP contribution in [-0.2, 0) is 6.54 Å². The van der Waals surface area contributed by atoms with Crippen LogP contribution in [0.4, 0.5) is 11.5 Å². The molecule has 0 radical (unpaired) electrons. The first-order valence-electron chi connectivity index (χ1n) is 5.81. The Morgan fingerprint density at radius 1 is 1.17 bits per heavy atom. The fourth-order valence-electron chi connectivity index (χ4n) is 1.73. The zero-order chi connectivity index (χ0) is 13.0. The number of pyridine rings is 1. The van der Waals surface area contributed by atoms with Crippen LogP contribution in [0.1, 0.15) is 5.69 Å². The van der Waals surface area contributed by atoms with Gasteiger partial charge in [0.2, 0.25) is 0 Å². The van der Waals surface area contributed by atoms with Crippen LogP contribution < -0.4 is 10.2 Å². The number of hydrogen-bond acceptors (Lipinski definition) is 3. The Kier molecular flexibility index (Phi) is 4.18. The van der Waals surface area contributed by atoms with Crippen molar-refractivity contribution in [1.82, 2.24) is 10.3 Å². The lowest BCUT2D eigenvalue weighted by atomic mass is 10.3. The quantitative estimate of drug-likeness (QED) is 0.916. The summed E-state index contributed by atoms with van der Waals surface area (Å²) in [5, 5.41) is 3.75. The van der Waals surface area contributed by atoms with Crippen LogP contribution >= 0.6 is 11.6 Å². The van der Waals surface area contributed by atoms with E-state index in [9.17, 15) is 0 Å². The van der Waals surface area contributed by atoms with Crippen molar-refractivity contribution in [2.24, 2.45) is 0 Å². The van der Waals surface area contributed by atoms with E-state index in [0.29, 0.717) is 11.6 Å². The minimum absolute atomic E-state index is 0.662. The summed E-state index contributed by atoms with van der Waals surface area (Å²) >= 11 is 6.10. The molecule has 0 saturated heterocycles. The fourth-order valence-corrected chi connectivity index (χ4v) is 1.91. The number of anilines is 2. The third kappa shape index (κ3) is 2.81. The van der Waals surface area contributed by atoms with Gasteiger partial charge in [0.1, 0.15) is 5.82 Å². The number of halogens is 1. The first kappa shape index (κ1) is 12.9. The van der Waals surface area contributed by atoms with Crippen molar-refractivity contribution >= 4 is 23.1 Å². The minimum atomic E-state index is 0.662. The second-order valence-corrected chi connectivity index (χ2v) is 4.43. The molecule has 1 heterocycles. The van der Waals surface area contributed by atoms with Crippen molar-refractivity contribution in [3.63, 3.8) is 0 Å². The minimum Gasteiger partial charge on any atom is -0.329 e. The largest absolute Gasteiger partial charge is 0.329 e. The summed E-state index contributed by atoms with van der Waals surface area (Å²) in [6.07, 6.45) is 0. The van der Waals surface area contributed by atoms with Crippen molar-refractivity contribution in [2.45, 2.75) is 6.54 Å². The van der Waals surface area contributed by atoms with Gasteiger partial charge in [0.25, 0.3) is 0 Å². The van der Waals surface area contributed by atoms with Gasteiger partial charge in [-0.2, -0.15) is 0 Å². The molecule has 0 spiro atoms. The number of benzene rings is 1. The number of rotatable bonds is 4. The molecular formula is C14H16ClN3. The fraction of sp³-hybridized carbons (Fsp3) is 0.214. The highest BCUT2D eigenvalue weighted by molar-refractivity contribution is 6.31. The van der Waals surface area contributed by atoms with E-state index in [1.165, 1.54) is 0 Å². The lowest BCUT2D eigenvalue weighted by Gasteiger charge is -2.19. The summed E-state index contributed by atoms with van der Waals surface area (Å²) in [5.41, 5.74) is 1.96. The van der Waals surface area contributed by atoms with Gasteiger partial charge in [-0.25, -0.2) is 4.98 Å². The predicted molar refractivity (Wildman–Crippen MR) is 76.5 cm³/mol. The van der Waals surface area contributed by atoms with Gasteiger partial charge in [-0.3, -0.25) is 0 Å². The summed E-state index contributed by atoms with van der Waals surface area (Å²) in [6, 6.07) is 13.9. The van der Waals surface area contributed by atoms with Crippen LogP contribution in [0.2, 0.25) is 5.02 Å². The maximum Gasteiger partial charge on any atom is 0.133 e. The van der Waals surface area contributed by atoms with Gasteiger partial charge in [0, 0.05) is 19.3 Å². The van der Waals surface area contributed by atoms with E-state index in [4.69, 9.17) is 11.6 Å². The molecule has 0 bridgehead atoms. The van der Waals surface area contributed by atoms with Gasteiger partial charge < -0.3 is 10.2 Å². The van der Waals surface area contributed by atoms with Crippen molar-refractivity contribution in [3.8, 4) is 0 Å². The van der Waals surface area contributed by atoms with Gasteiger partial charge in [0.05, 0.1) is 10.7 Å². The molecule has 2 aromatic rings. The Labute approximate surface area is 112 Å². The van der Waals surface area contributed by atoms with Crippen LogP contribution in [0.3, 0.4) is 0 Å². The summed E-state index contributed by atoms with van der Waals surface area (Å²) in [4.78, 5) is 6.61. The first-order chi connectivity index (χ1) is 8.72. The van der Waals surface area contributed by atoms with Gasteiger partial charge in [0.15, 0.2) is 0 Å². The molecule has 1 aromatic heterocycles. The second-order valence-electron chi connectivity index (χ2n) is 4.02. The molecule has 4 heteroatoms. The monoisotopic (exact) mass is 261 g/mol. The summed E-state index contributed by atoms with van der Waals surface area (Å²) in [6.45, 7) is 0.662. The normalized spacial score (nSPS) is 10.4. The first-order valence-corrected chi connectivity index (χ1v) is 6.19. The average molecular weight is 262 g/mol. The van der Waals surface area contributed by atoms with Crippen molar-refractivity contribution in [2.75, 3.05) is 19.0 Å². The van der Waals surface area contributed by atoms with E-state index < -0.39 is 0 Å². The smallest absolute Gasteiger partial charge is 0.133 e. The van der Waals surface area contributed by atoms with Crippen molar-refractivity contribution < 1.29 is 0 Å². The van der Waals surface area contributed by atoms with E-state index in [0.717, 1.165) is 17.2 Å². The Hall–Kier alpha value is -1.58. The molecule has 18 heavy (non-hydrogen) atoms. The molecule has 0 amide bonds. The Morgan fingerprint density at radius 3 is 2.56 bits per heavy atom. The second kappa shape index (κ2) is 5.85. The summed E-state index contributed by atoms with van der Waals surface area (Å²) < 4.78 is 0. The molecule has 94 valence electrons. The molecule has 1 N–H and O–H groups in total. The summed E-state index contributed by atoms with van der Waals surface area (Å²) in [5.74, 6) is 0.885. The number of hydrogen-bond donors (Lipinski definition) is 1. The number of aromatic nitrogens is 1. The summed E-state index contributed by atoms with van der Waals surface area (Å²) in [7, 11) is 3.88. The zero-order valence-corrected chi connectivity index (χ0v) is 11.3.